The number of aromatic nitrogens is 3. The third-order valence-corrected chi connectivity index (χ3v) is 8.24. The van der Waals surface area contributed by atoms with Crippen molar-refractivity contribution in [1.29, 1.82) is 0 Å². The minimum Gasteiger partial charge on any atom is -0.492 e. The lowest BCUT2D eigenvalue weighted by Gasteiger charge is -2.20. The fourth-order valence-corrected chi connectivity index (χ4v) is 6.10. The molecule has 0 aliphatic carbocycles. The lowest BCUT2D eigenvalue weighted by Crippen LogP contribution is -2.40. The first-order valence-electron chi connectivity index (χ1n) is 12.8. The van der Waals surface area contributed by atoms with Gasteiger partial charge in [0.1, 0.15) is 12.4 Å². The first-order valence-corrected chi connectivity index (χ1v) is 14.3. The summed E-state index contributed by atoms with van der Waals surface area (Å²) in [6, 6.07) is 18.9. The van der Waals surface area contributed by atoms with E-state index in [9.17, 15) is 8.42 Å². The van der Waals surface area contributed by atoms with E-state index in [2.05, 4.69) is 32.1 Å². The maximum atomic E-state index is 12.9. The van der Waals surface area contributed by atoms with Crippen molar-refractivity contribution in [3.63, 3.8) is 0 Å². The Balaban J connectivity index is 1.37. The smallest absolute Gasteiger partial charge is 0.245 e. The molecule has 3 heterocycles. The zero-order valence-corrected chi connectivity index (χ0v) is 23.0. The van der Waals surface area contributed by atoms with Crippen LogP contribution in [-0.2, 0) is 10.0 Å². The molecule has 1 saturated heterocycles. The number of likely N-dealkylation sites (tertiary alicyclic amines) is 1. The Morgan fingerprint density at radius 1 is 1.08 bits per heavy atom. The van der Waals surface area contributed by atoms with Gasteiger partial charge in [0.2, 0.25) is 16.0 Å². The van der Waals surface area contributed by atoms with Gasteiger partial charge in [0.05, 0.1) is 22.3 Å². The van der Waals surface area contributed by atoms with E-state index in [1.165, 1.54) is 6.42 Å². The summed E-state index contributed by atoms with van der Waals surface area (Å²) in [5.41, 5.74) is 2.52. The predicted molar refractivity (Wildman–Crippen MR) is 149 cm³/mol. The second-order valence-electron chi connectivity index (χ2n) is 10.8. The summed E-state index contributed by atoms with van der Waals surface area (Å²) in [4.78, 5) is 7.00. The highest BCUT2D eigenvalue weighted by atomic mass is 32.2. The number of rotatable bonds is 8. The van der Waals surface area contributed by atoms with Crippen LogP contribution in [0.2, 0.25) is 0 Å². The lowest BCUT2D eigenvalue weighted by molar-refractivity contribution is 0.198. The largest absolute Gasteiger partial charge is 0.492 e. The van der Waals surface area contributed by atoms with Gasteiger partial charge in [-0.25, -0.2) is 22.6 Å². The van der Waals surface area contributed by atoms with Crippen molar-refractivity contribution in [2.45, 2.75) is 50.1 Å². The number of nitrogens with zero attached hydrogens (tertiary/aromatic N) is 4. The Bertz CT molecular complexity index is 1540. The number of hydrogen-bond donors (Lipinski definition) is 2. The van der Waals surface area contributed by atoms with Crippen LogP contribution in [-0.4, -0.2) is 59.7 Å². The molecule has 2 aromatic carbocycles. The van der Waals surface area contributed by atoms with Crippen LogP contribution in [0, 0.1) is 0 Å². The highest BCUT2D eigenvalue weighted by Crippen LogP contribution is 2.26. The van der Waals surface area contributed by atoms with Crippen LogP contribution >= 0.6 is 0 Å². The summed E-state index contributed by atoms with van der Waals surface area (Å²) in [5.74, 6) is 1.21. The molecule has 0 spiro atoms. The third-order valence-electron chi connectivity index (χ3n) is 6.48. The van der Waals surface area contributed by atoms with Crippen LogP contribution in [0.4, 0.5) is 11.6 Å². The molecule has 0 amide bonds. The summed E-state index contributed by atoms with van der Waals surface area (Å²) in [6.45, 7) is 7.23. The molecule has 10 heteroatoms. The molecule has 0 radical (unpaired) electrons. The molecule has 9 nitrogen and oxygen atoms in total. The van der Waals surface area contributed by atoms with Crippen molar-refractivity contribution in [2.24, 2.45) is 0 Å². The molecule has 1 fully saturated rings. The van der Waals surface area contributed by atoms with Crippen LogP contribution in [0.1, 0.15) is 33.6 Å². The van der Waals surface area contributed by atoms with E-state index in [4.69, 9.17) is 4.74 Å². The predicted octanol–water partition coefficient (Wildman–Crippen LogP) is 4.69. The number of nitrogens with one attached hydrogen (secondary N) is 2. The SMILES string of the molecule is CN1CCCC1COc1cccc(Nc2ncc3ccc(-c4cccc(S(=O)(=O)NC(C)(C)C)c4)n3n2)c1. The molecule has 4 aromatic rings. The molecule has 0 saturated carbocycles. The van der Waals surface area contributed by atoms with Gasteiger partial charge in [-0.1, -0.05) is 18.2 Å². The number of sulfonamides is 1. The lowest BCUT2D eigenvalue weighted by atomic mass is 10.1. The molecule has 1 atom stereocenters. The standard InChI is InChI=1S/C28H34N6O3S/c1-28(2,3)32-38(35,36)25-12-5-8-20(16-25)26-14-13-22-18-29-27(31-34(22)26)30-21-9-6-11-24(17-21)37-19-23-10-7-15-33(23)4/h5-6,8-9,11-14,16-18,23,32H,7,10,15,19H2,1-4H3,(H,30,31). The fourth-order valence-electron chi connectivity index (χ4n) is 4.64. The monoisotopic (exact) mass is 534 g/mol. The number of anilines is 2. The Hall–Kier alpha value is -3.47. The van der Waals surface area contributed by atoms with Gasteiger partial charge in [0.15, 0.2) is 0 Å². The minimum absolute atomic E-state index is 0.202. The molecule has 1 unspecified atom stereocenters. The van der Waals surface area contributed by atoms with E-state index in [1.54, 1.807) is 28.9 Å². The van der Waals surface area contributed by atoms with Crippen LogP contribution in [0.3, 0.4) is 0 Å². The zero-order valence-electron chi connectivity index (χ0n) is 22.2. The summed E-state index contributed by atoms with van der Waals surface area (Å²) in [5, 5.41) is 7.95. The van der Waals surface area contributed by atoms with Crippen molar-refractivity contribution < 1.29 is 13.2 Å². The van der Waals surface area contributed by atoms with Crippen molar-refractivity contribution in [1.82, 2.24) is 24.2 Å². The normalized spacial score (nSPS) is 16.7. The van der Waals surface area contributed by atoms with E-state index < -0.39 is 15.6 Å². The van der Waals surface area contributed by atoms with E-state index in [1.807, 2.05) is 63.2 Å². The van der Waals surface area contributed by atoms with Crippen molar-refractivity contribution in [3.05, 3.63) is 66.9 Å². The van der Waals surface area contributed by atoms with Crippen LogP contribution in [0.15, 0.2) is 71.8 Å². The Morgan fingerprint density at radius 3 is 2.66 bits per heavy atom. The summed E-state index contributed by atoms with van der Waals surface area (Å²) in [6.07, 6.45) is 4.10. The average Bonchev–Trinajstić information content (AvgIpc) is 3.47. The molecule has 0 bridgehead atoms. The Kier molecular flexibility index (Phi) is 7.13. The van der Waals surface area contributed by atoms with E-state index >= 15 is 0 Å². The number of fused-ring (bicyclic) bond motifs is 1. The Morgan fingerprint density at radius 2 is 1.89 bits per heavy atom. The fraction of sp³-hybridized carbons (Fsp3) is 0.357. The molecule has 1 aliphatic heterocycles. The quantitative estimate of drug-likeness (QED) is 0.338. The number of hydrogen-bond acceptors (Lipinski definition) is 7. The average molecular weight is 535 g/mol. The Labute approximate surface area is 223 Å². The highest BCUT2D eigenvalue weighted by Gasteiger charge is 2.23. The number of benzene rings is 2. The molecule has 2 N–H and O–H groups in total. The van der Waals surface area contributed by atoms with Gasteiger partial charge in [0, 0.05) is 28.9 Å². The summed E-state index contributed by atoms with van der Waals surface area (Å²) < 4.78 is 36.3. The summed E-state index contributed by atoms with van der Waals surface area (Å²) in [7, 11) is -1.53. The minimum atomic E-state index is -3.67. The van der Waals surface area contributed by atoms with Gasteiger partial charge in [0.25, 0.3) is 0 Å². The van der Waals surface area contributed by atoms with E-state index in [0.29, 0.717) is 18.6 Å². The van der Waals surface area contributed by atoms with E-state index in [-0.39, 0.29) is 4.90 Å². The van der Waals surface area contributed by atoms with Crippen LogP contribution < -0.4 is 14.8 Å². The van der Waals surface area contributed by atoms with Gasteiger partial charge in [-0.15, -0.1) is 5.10 Å². The van der Waals surface area contributed by atoms with Gasteiger partial charge >= 0.3 is 0 Å². The maximum absolute atomic E-state index is 12.9. The molecular formula is C28H34N6O3S. The van der Waals surface area contributed by atoms with Crippen molar-refractivity contribution in [2.75, 3.05) is 25.5 Å². The van der Waals surface area contributed by atoms with Crippen molar-refractivity contribution >= 4 is 27.2 Å². The topological polar surface area (TPSA) is 101 Å². The van der Waals surface area contributed by atoms with Crippen LogP contribution in [0.25, 0.3) is 16.8 Å². The molecule has 38 heavy (non-hydrogen) atoms. The van der Waals surface area contributed by atoms with E-state index in [0.717, 1.165) is 41.2 Å². The first-order chi connectivity index (χ1) is 18.1. The van der Waals surface area contributed by atoms with Gasteiger partial charge in [-0.05, 0) is 83.6 Å². The molecular weight excluding hydrogens is 500 g/mol. The molecule has 1 aliphatic rings. The molecule has 5 rings (SSSR count). The van der Waals surface area contributed by atoms with Gasteiger partial charge < -0.3 is 15.0 Å². The van der Waals surface area contributed by atoms with Crippen LogP contribution in [0.5, 0.6) is 5.75 Å². The molecule has 200 valence electrons. The van der Waals surface area contributed by atoms with Gasteiger partial charge in [-0.3, -0.25) is 0 Å². The number of ether oxygens (including phenoxy) is 1. The van der Waals surface area contributed by atoms with Gasteiger partial charge in [-0.2, -0.15) is 0 Å². The maximum Gasteiger partial charge on any atom is 0.245 e. The third kappa shape index (κ3) is 5.98. The summed E-state index contributed by atoms with van der Waals surface area (Å²) >= 11 is 0. The van der Waals surface area contributed by atoms with Crippen molar-refractivity contribution in [3.8, 4) is 17.0 Å². The first kappa shape index (κ1) is 26.1. The zero-order chi connectivity index (χ0) is 26.9. The second-order valence-corrected chi connectivity index (χ2v) is 12.4. The number of likely N-dealkylation sites (N-methyl/N-ethyl adjacent to an activating group) is 1. The second kappa shape index (κ2) is 10.4. The highest BCUT2D eigenvalue weighted by molar-refractivity contribution is 7.89. The molecule has 2 aromatic heterocycles.